The number of carbonyl (C=O) groups is 6. The van der Waals surface area contributed by atoms with Gasteiger partial charge in [0.15, 0.2) is 16.4 Å². The van der Waals surface area contributed by atoms with Crippen molar-refractivity contribution in [3.63, 3.8) is 0 Å². The number of amides is 4. The summed E-state index contributed by atoms with van der Waals surface area (Å²) < 4.78 is 106. The zero-order valence-electron chi connectivity index (χ0n) is 75.3. The van der Waals surface area contributed by atoms with Gasteiger partial charge in [0.05, 0.1) is 128 Å². The first-order valence-corrected chi connectivity index (χ1v) is 45.7. The number of hydrogen-bond donors (Lipinski definition) is 8. The molecule has 0 unspecified atom stereocenters. The first-order valence-electron chi connectivity index (χ1n) is 44.1. The third-order valence-electron chi connectivity index (χ3n) is 23.5. The summed E-state index contributed by atoms with van der Waals surface area (Å²) in [6.45, 7) is 22.7. The van der Waals surface area contributed by atoms with Crippen molar-refractivity contribution in [1.82, 2.24) is 25.4 Å². The van der Waals surface area contributed by atoms with Crippen LogP contribution >= 0.6 is 0 Å². The van der Waals surface area contributed by atoms with Crippen molar-refractivity contribution in [2.45, 2.75) is 218 Å². The Balaban J connectivity index is 0.744. The number of methoxy groups -OCH3 is 2. The van der Waals surface area contributed by atoms with E-state index in [2.05, 4.69) is 27.4 Å². The minimum Gasteiger partial charge on any atom is -0.491 e. The van der Waals surface area contributed by atoms with Crippen molar-refractivity contribution in [2.75, 3.05) is 144 Å². The summed E-state index contributed by atoms with van der Waals surface area (Å²) >= 11 is 0. The second-order valence-corrected chi connectivity index (χ2v) is 35.7. The number of piperidine rings is 1. The van der Waals surface area contributed by atoms with Gasteiger partial charge in [-0.3, -0.25) is 24.0 Å². The van der Waals surface area contributed by atoms with Crippen LogP contribution in [0.3, 0.4) is 0 Å². The first-order chi connectivity index (χ1) is 60.2. The maximum absolute atomic E-state index is 15.8. The summed E-state index contributed by atoms with van der Waals surface area (Å²) in [5.41, 5.74) is 9.33. The summed E-state index contributed by atoms with van der Waals surface area (Å²) in [6.07, 6.45) is 8.25. The van der Waals surface area contributed by atoms with Gasteiger partial charge in [-0.05, 0) is 161 Å². The maximum atomic E-state index is 15.8. The molecule has 32 nitrogen and oxygen atoms in total. The van der Waals surface area contributed by atoms with Crippen LogP contribution in [0.25, 0.3) is 11.1 Å². The molecule has 7 rings (SSSR count). The Morgan fingerprint density at radius 1 is 0.778 bits per heavy atom. The molecule has 15 atom stereocenters. The van der Waals surface area contributed by atoms with Crippen LogP contribution in [-0.4, -0.2) is 289 Å². The minimum absolute atomic E-state index is 0.0158. The molecular weight excluding hydrogens is 1650 g/mol. The molecule has 1 aliphatic carbocycles. The maximum Gasteiger partial charge on any atom is 0.329 e. The molecule has 9 N–H and O–H groups in total. The number of likely N-dealkylation sites (tertiary alicyclic amines) is 1. The number of nitrogens with one attached hydrogen (secondary N) is 2. The van der Waals surface area contributed by atoms with Crippen molar-refractivity contribution in [3.8, 4) is 16.9 Å². The van der Waals surface area contributed by atoms with E-state index in [0.717, 1.165) is 28.3 Å². The molecule has 0 spiro atoms. The van der Waals surface area contributed by atoms with Crippen LogP contribution in [0, 0.1) is 48.2 Å². The minimum atomic E-state index is -4.20. The van der Waals surface area contributed by atoms with Crippen molar-refractivity contribution < 1.29 is 124 Å². The number of allylic oxidation sites excluding steroid dienone is 4. The van der Waals surface area contributed by atoms with E-state index in [1.54, 1.807) is 65.5 Å². The van der Waals surface area contributed by atoms with E-state index < -0.39 is 141 Å². The summed E-state index contributed by atoms with van der Waals surface area (Å²) in [5, 5.41) is 67.7. The van der Waals surface area contributed by atoms with Crippen LogP contribution in [0.5, 0.6) is 5.75 Å². The zero-order valence-corrected chi connectivity index (χ0v) is 76.1. The number of aromatic nitrogens is 1. The van der Waals surface area contributed by atoms with Gasteiger partial charge in [-0.15, -0.1) is 0 Å². The van der Waals surface area contributed by atoms with Crippen LogP contribution < -0.4 is 21.1 Å². The van der Waals surface area contributed by atoms with Crippen molar-refractivity contribution in [3.05, 3.63) is 119 Å². The summed E-state index contributed by atoms with van der Waals surface area (Å²) in [5.74, 6) is -9.53. The van der Waals surface area contributed by atoms with Crippen molar-refractivity contribution in [2.24, 2.45) is 40.7 Å². The van der Waals surface area contributed by atoms with Gasteiger partial charge in [-0.25, -0.2) is 22.6 Å². The Kier molecular flexibility index (Phi) is 44.8. The van der Waals surface area contributed by atoms with Crippen molar-refractivity contribution >= 4 is 56.7 Å². The lowest BCUT2D eigenvalue weighted by molar-refractivity contribution is -0.265. The molecule has 4 heterocycles. The molecule has 4 amide bonds. The van der Waals surface area contributed by atoms with Gasteiger partial charge in [0.25, 0.3) is 23.5 Å². The number of benzene rings is 2. The van der Waals surface area contributed by atoms with E-state index in [4.69, 9.17) is 62.7 Å². The smallest absolute Gasteiger partial charge is 0.329 e. The number of ether oxygens (including phenoxy) is 11. The molecule has 0 bridgehead atoms. The molecule has 3 aromatic rings. The van der Waals surface area contributed by atoms with Gasteiger partial charge in [0.1, 0.15) is 53.2 Å². The number of nitrogen functional groups attached to an aromatic ring is 1. The van der Waals surface area contributed by atoms with Crippen LogP contribution in [0.2, 0.25) is 0 Å². The highest BCUT2D eigenvalue weighted by Gasteiger charge is 2.53. The highest BCUT2D eigenvalue weighted by Crippen LogP contribution is 2.39. The van der Waals surface area contributed by atoms with E-state index in [0.29, 0.717) is 114 Å². The number of rotatable bonds is 54. The molecule has 2 saturated heterocycles. The predicted molar refractivity (Wildman–Crippen MR) is 470 cm³/mol. The molecule has 2 aromatic carbocycles. The Morgan fingerprint density at radius 3 is 2.08 bits per heavy atom. The number of sulfone groups is 1. The lowest BCUT2D eigenvalue weighted by Crippen LogP contribution is -2.61. The lowest BCUT2D eigenvalue weighted by Gasteiger charge is -2.43. The number of nitrogens with two attached hydrogens (primary N) is 1. The quantitative estimate of drug-likeness (QED) is 0.00503. The zero-order chi connectivity index (χ0) is 92.0. The fourth-order valence-corrected chi connectivity index (χ4v) is 17.3. The topological polar surface area (TPSA) is 430 Å². The number of aliphatic hydroxyl groups excluding tert-OH is 4. The number of carbonyl (C=O) groups excluding carboxylic acids is 6. The second kappa shape index (κ2) is 53.8. The number of halogens is 1. The molecule has 1 aromatic heterocycles. The second-order valence-electron chi connectivity index (χ2n) is 33.6. The third kappa shape index (κ3) is 32.9. The molecule has 1 saturated carbocycles. The SMILES string of the molecule is C=C/C=C/C=C(\C)[C@H](C[C@@H]1CC[C@@H](C)[C@](O)(C(=O)C(=O)N2CCCC[C@H]2C(=O)O[C@@H](C[C@@H](O)[C@H](C)/C=C(\C)[C@@H](O)[C@@H](O)/C(=N/OCC(=O)NCCOCCOCCOCCOCCOCCOCCC(=O)NCCS(=O)(=O)c2ccc(C(=O)N3CCOc4ccc(-c5ccc(N)nc5)cc4C3)c(C)c2F)[C@H](C)CC(C)C)[C@H](C)C[C@@H]2CC[C@@H](O)[C@H](OC)C2)O1)OC. The number of esters is 1. The van der Waals surface area contributed by atoms with E-state index >= 15 is 4.39 Å². The van der Waals surface area contributed by atoms with Gasteiger partial charge < -0.3 is 109 Å². The van der Waals surface area contributed by atoms with Gasteiger partial charge in [-0.1, -0.05) is 89.7 Å². The first kappa shape index (κ1) is 105. The number of hydrogen-bond acceptors (Lipinski definition) is 28. The van der Waals surface area contributed by atoms with E-state index in [9.17, 15) is 62.7 Å². The van der Waals surface area contributed by atoms with Crippen LogP contribution in [-0.2, 0) is 92.6 Å². The van der Waals surface area contributed by atoms with Crippen molar-refractivity contribution in [1.29, 1.82) is 0 Å². The average molecular weight is 1790 g/mol. The average Bonchev–Trinajstić information content (AvgIpc) is 0.789. The Morgan fingerprint density at radius 2 is 1.44 bits per heavy atom. The highest BCUT2D eigenvalue weighted by molar-refractivity contribution is 7.91. The number of pyridine rings is 1. The molecule has 4 aliphatic rings. The predicted octanol–water partition coefficient (Wildman–Crippen LogP) is 8.08. The molecule has 126 heavy (non-hydrogen) atoms. The Labute approximate surface area is 741 Å². The van der Waals surface area contributed by atoms with E-state index in [1.807, 2.05) is 71.0 Å². The molecule has 34 heteroatoms. The van der Waals surface area contributed by atoms with Crippen LogP contribution in [0.15, 0.2) is 107 Å². The fourth-order valence-electron chi connectivity index (χ4n) is 16.0. The molecule has 0 radical (unpaired) electrons. The summed E-state index contributed by atoms with van der Waals surface area (Å²) in [7, 11) is -1.09. The van der Waals surface area contributed by atoms with Crippen LogP contribution in [0.1, 0.15) is 160 Å². The number of fused-ring (bicyclic) bond motifs is 1. The monoisotopic (exact) mass is 1790 g/mol. The lowest BCUT2D eigenvalue weighted by atomic mass is 9.78. The number of nitrogens with zero attached hydrogens (tertiary/aromatic N) is 4. The van der Waals surface area contributed by atoms with Gasteiger partial charge in [0, 0.05) is 100 Å². The number of aliphatic hydroxyl groups is 5. The molecule has 3 fully saturated rings. The number of oxime groups is 1. The van der Waals surface area contributed by atoms with Gasteiger partial charge in [0.2, 0.25) is 11.7 Å². The fraction of sp³-hybridized carbons (Fsp3) is 0.652. The molecule has 3 aliphatic heterocycles. The number of Topliss-reactive ketones (excluding diaryl/α,β-unsaturated/α-hetero) is 1. The molecule has 704 valence electrons. The Bertz CT molecular complexity index is 4190. The third-order valence-corrected chi connectivity index (χ3v) is 25.2. The van der Waals surface area contributed by atoms with E-state index in [1.165, 1.54) is 22.8 Å². The number of anilines is 1. The van der Waals surface area contributed by atoms with Crippen LogP contribution in [0.4, 0.5) is 10.2 Å². The Hall–Kier alpha value is -8.04. The summed E-state index contributed by atoms with van der Waals surface area (Å²) in [4.78, 5) is 94.5. The van der Waals surface area contributed by atoms with Gasteiger partial charge >= 0.3 is 5.97 Å². The summed E-state index contributed by atoms with van der Waals surface area (Å²) in [6, 6.07) is 10.3. The normalized spacial score (nSPS) is 21.7. The molecular formula is C92H138FN7O25S. The number of ketones is 1. The highest BCUT2D eigenvalue weighted by atomic mass is 32.2. The largest absolute Gasteiger partial charge is 0.491 e. The van der Waals surface area contributed by atoms with E-state index in [-0.39, 0.29) is 146 Å². The van der Waals surface area contributed by atoms with Gasteiger partial charge in [-0.2, -0.15) is 0 Å². The standard InChI is InChI=1S/C92H138FN7O25S/c1-13-14-15-18-60(4)77(114-11)54-71-24-20-65(9)92(111,125-71)88(107)90(109)100-33-17-16-19-73(100)91(110)124-78(62(6)51-67-21-26-74(101)79(52-67)115-12)55-75(102)61(5)50-64(8)86(105)87(106)85(63(7)49-59(2)3)98-123-58-83(104)95-31-36-117-39-41-119-43-45-121-47-46-120-44-42-118-40-38-116-35-30-82(103)96-32-48-126(112,113)80-28-25-72(66(10)84(80)93)89(108)99-34-37-122-76-27-22-68(53-70(76)57-99)69-23-29-81(94)97-56-69/h13-15,18,22-23,25,27-29,50,53,56,59,61-63,65,67,71,73-75,77-79,86-87,101-102,105-106,111H,1,16-17,19-21,24,26,30-49,51-52,54-55,57-58H2,2-12H3,(H2,94,97)(H,95,104)(H,96,103)/b15-14+,60-18+,64-50+,98-85+/t61-,62-,63-,65-,67+,71+,73+,74-,75-,77+,78+,79-,86-,87+,92-/m1/s1.